The molecule has 98 valence electrons. The van der Waals surface area contributed by atoms with Crippen LogP contribution in [-0.4, -0.2) is 15.8 Å². The fourth-order valence-electron chi connectivity index (χ4n) is 1.56. The van der Waals surface area contributed by atoms with E-state index in [4.69, 9.17) is 0 Å². The summed E-state index contributed by atoms with van der Waals surface area (Å²) >= 11 is 0. The number of aromatic nitrogens is 2. The first-order valence-corrected chi connectivity index (χ1v) is 5.36. The third kappa shape index (κ3) is 3.09. The summed E-state index contributed by atoms with van der Waals surface area (Å²) in [5.41, 5.74) is -1.32. The Morgan fingerprint density at radius 3 is 2.63 bits per heavy atom. The molecule has 0 atom stereocenters. The van der Waals surface area contributed by atoms with Crippen LogP contribution in [0.15, 0.2) is 42.7 Å². The van der Waals surface area contributed by atoms with Gasteiger partial charge in [-0.2, -0.15) is 13.2 Å². The molecule has 2 aromatic rings. The number of ketones is 1. The lowest BCUT2D eigenvalue weighted by Gasteiger charge is -2.10. The molecule has 0 aliphatic carbocycles. The molecule has 0 aliphatic heterocycles. The summed E-state index contributed by atoms with van der Waals surface area (Å²) in [6, 6.07) is 4.67. The summed E-state index contributed by atoms with van der Waals surface area (Å²) in [5, 5.41) is 0. The molecule has 0 saturated carbocycles. The van der Waals surface area contributed by atoms with E-state index in [0.29, 0.717) is 5.82 Å². The maximum atomic E-state index is 12.7. The van der Waals surface area contributed by atoms with Crippen LogP contribution in [0.1, 0.15) is 21.7 Å². The van der Waals surface area contributed by atoms with Crippen molar-refractivity contribution >= 4 is 11.9 Å². The van der Waals surface area contributed by atoms with Gasteiger partial charge in [0.2, 0.25) is 0 Å². The summed E-state index contributed by atoms with van der Waals surface area (Å²) in [7, 11) is 0. The fraction of sp³-hybridized carbons (Fsp3) is 0.0769. The van der Waals surface area contributed by atoms with E-state index in [1.165, 1.54) is 24.4 Å². The fourth-order valence-corrected chi connectivity index (χ4v) is 1.56. The number of hydrogen-bond acceptors (Lipinski definition) is 2. The quantitative estimate of drug-likeness (QED) is 0.684. The summed E-state index contributed by atoms with van der Waals surface area (Å²) in [6.07, 6.45) is 0.866. The summed E-state index contributed by atoms with van der Waals surface area (Å²) < 4.78 is 38.2. The Labute approximate surface area is 106 Å². The Hall–Kier alpha value is -2.37. The minimum Gasteiger partial charge on any atom is -0.345 e. The minimum atomic E-state index is -4.55. The van der Waals surface area contributed by atoms with Gasteiger partial charge in [0.05, 0.1) is 5.56 Å². The van der Waals surface area contributed by atoms with Crippen molar-refractivity contribution < 1.29 is 18.0 Å². The maximum Gasteiger partial charge on any atom is 0.417 e. The lowest BCUT2D eigenvalue weighted by Crippen LogP contribution is -2.11. The van der Waals surface area contributed by atoms with Crippen LogP contribution in [0.5, 0.6) is 0 Å². The first-order valence-electron chi connectivity index (χ1n) is 5.36. The van der Waals surface area contributed by atoms with Crippen LogP contribution in [-0.2, 0) is 6.18 Å². The van der Waals surface area contributed by atoms with Gasteiger partial charge in [-0.15, -0.1) is 0 Å². The Kier molecular flexibility index (Phi) is 3.50. The summed E-state index contributed by atoms with van der Waals surface area (Å²) in [6.45, 7) is 0. The molecule has 0 radical (unpaired) electrons. The molecule has 0 aliphatic rings. The van der Waals surface area contributed by atoms with Crippen molar-refractivity contribution in [3.63, 3.8) is 0 Å². The van der Waals surface area contributed by atoms with Crippen molar-refractivity contribution in [1.82, 2.24) is 9.97 Å². The minimum absolute atomic E-state index is 0.377. The van der Waals surface area contributed by atoms with Crippen molar-refractivity contribution in [2.24, 2.45) is 0 Å². The highest BCUT2D eigenvalue weighted by molar-refractivity contribution is 6.07. The number of H-pyrrole nitrogens is 1. The molecule has 19 heavy (non-hydrogen) atoms. The van der Waals surface area contributed by atoms with Crippen molar-refractivity contribution in [2.75, 3.05) is 0 Å². The van der Waals surface area contributed by atoms with Gasteiger partial charge in [-0.25, -0.2) is 4.98 Å². The topological polar surface area (TPSA) is 45.8 Å². The highest BCUT2D eigenvalue weighted by atomic mass is 19.4. The predicted octanol–water partition coefficient (Wildman–Crippen LogP) is 3.32. The molecule has 6 heteroatoms. The zero-order chi connectivity index (χ0) is 13.9. The van der Waals surface area contributed by atoms with Crippen LogP contribution in [0.25, 0.3) is 6.08 Å². The van der Waals surface area contributed by atoms with E-state index in [0.717, 1.165) is 18.2 Å². The number of aromatic amines is 1. The number of imidazole rings is 1. The molecule has 2 rings (SSSR count). The van der Waals surface area contributed by atoms with Gasteiger partial charge in [0.25, 0.3) is 0 Å². The zero-order valence-electron chi connectivity index (χ0n) is 9.61. The molecule has 1 aromatic carbocycles. The highest BCUT2D eigenvalue weighted by Crippen LogP contribution is 2.32. The Balaban J connectivity index is 2.30. The van der Waals surface area contributed by atoms with Crippen LogP contribution in [0.2, 0.25) is 0 Å². The molecular formula is C13H9F3N2O. The van der Waals surface area contributed by atoms with Gasteiger partial charge in [-0.05, 0) is 18.2 Å². The maximum absolute atomic E-state index is 12.7. The molecule has 1 aromatic heterocycles. The molecule has 0 fully saturated rings. The number of hydrogen-bond donors (Lipinski definition) is 1. The van der Waals surface area contributed by atoms with E-state index in [9.17, 15) is 18.0 Å². The van der Waals surface area contributed by atoms with E-state index in [1.807, 2.05) is 0 Å². The van der Waals surface area contributed by atoms with E-state index < -0.39 is 17.5 Å². The highest BCUT2D eigenvalue weighted by Gasteiger charge is 2.34. The second kappa shape index (κ2) is 5.09. The van der Waals surface area contributed by atoms with Gasteiger partial charge in [0, 0.05) is 18.0 Å². The van der Waals surface area contributed by atoms with Gasteiger partial charge in [0.1, 0.15) is 5.82 Å². The van der Waals surface area contributed by atoms with Crippen LogP contribution >= 0.6 is 0 Å². The van der Waals surface area contributed by atoms with Crippen LogP contribution in [0.3, 0.4) is 0 Å². The van der Waals surface area contributed by atoms with Crippen molar-refractivity contribution in [3.05, 3.63) is 59.7 Å². The van der Waals surface area contributed by atoms with Gasteiger partial charge in [-0.3, -0.25) is 4.79 Å². The average molecular weight is 266 g/mol. The molecule has 3 nitrogen and oxygen atoms in total. The molecule has 0 unspecified atom stereocenters. The third-order valence-corrected chi connectivity index (χ3v) is 2.41. The monoisotopic (exact) mass is 266 g/mol. The summed E-state index contributed by atoms with van der Waals surface area (Å²) in [5.74, 6) is -0.317. The Morgan fingerprint density at radius 2 is 2.00 bits per heavy atom. The molecule has 0 amide bonds. The molecular weight excluding hydrogens is 257 g/mol. The third-order valence-electron chi connectivity index (χ3n) is 2.41. The Bertz CT molecular complexity index is 601. The lowest BCUT2D eigenvalue weighted by atomic mass is 10.0. The number of rotatable bonds is 3. The van der Waals surface area contributed by atoms with E-state index in [-0.39, 0.29) is 5.56 Å². The standard InChI is InChI=1S/C13H9F3N2O/c14-13(15,16)10-4-2-1-3-9(10)11(19)5-6-12-17-7-8-18-12/h1-8H,(H,17,18). The predicted molar refractivity (Wildman–Crippen MR) is 63.4 cm³/mol. The van der Waals surface area contributed by atoms with Crippen molar-refractivity contribution in [3.8, 4) is 0 Å². The summed E-state index contributed by atoms with van der Waals surface area (Å²) in [4.78, 5) is 18.3. The second-order valence-corrected chi connectivity index (χ2v) is 3.72. The largest absolute Gasteiger partial charge is 0.417 e. The molecule has 0 spiro atoms. The van der Waals surface area contributed by atoms with Gasteiger partial charge < -0.3 is 4.98 Å². The van der Waals surface area contributed by atoms with Crippen LogP contribution < -0.4 is 0 Å². The van der Waals surface area contributed by atoms with E-state index in [2.05, 4.69) is 9.97 Å². The normalized spacial score (nSPS) is 11.9. The van der Waals surface area contributed by atoms with E-state index >= 15 is 0 Å². The number of halogens is 3. The molecule has 1 heterocycles. The SMILES string of the molecule is O=C(C=Cc1ncc[nH]1)c1ccccc1C(F)(F)F. The number of carbonyl (C=O) groups is 1. The van der Waals surface area contributed by atoms with Crippen LogP contribution in [0.4, 0.5) is 13.2 Å². The lowest BCUT2D eigenvalue weighted by molar-refractivity contribution is -0.137. The first-order chi connectivity index (χ1) is 8.98. The number of benzene rings is 1. The van der Waals surface area contributed by atoms with E-state index in [1.54, 1.807) is 6.20 Å². The second-order valence-electron chi connectivity index (χ2n) is 3.72. The number of alkyl halides is 3. The molecule has 0 bridgehead atoms. The van der Waals surface area contributed by atoms with Crippen molar-refractivity contribution in [2.45, 2.75) is 6.18 Å². The number of nitrogens with zero attached hydrogens (tertiary/aromatic N) is 1. The number of allylic oxidation sites excluding steroid dienone is 1. The van der Waals surface area contributed by atoms with Crippen LogP contribution in [0, 0.1) is 0 Å². The molecule has 1 N–H and O–H groups in total. The van der Waals surface area contributed by atoms with Gasteiger partial charge in [-0.1, -0.05) is 18.2 Å². The molecule has 0 saturated heterocycles. The number of nitrogens with one attached hydrogen (secondary N) is 1. The van der Waals surface area contributed by atoms with Gasteiger partial charge >= 0.3 is 6.18 Å². The number of carbonyl (C=O) groups excluding carboxylic acids is 1. The van der Waals surface area contributed by atoms with Crippen molar-refractivity contribution in [1.29, 1.82) is 0 Å². The smallest absolute Gasteiger partial charge is 0.345 e. The first kappa shape index (κ1) is 13.1. The average Bonchev–Trinajstić information content (AvgIpc) is 2.88. The Morgan fingerprint density at radius 1 is 1.26 bits per heavy atom. The zero-order valence-corrected chi connectivity index (χ0v) is 9.61. The van der Waals surface area contributed by atoms with Gasteiger partial charge in [0.15, 0.2) is 5.78 Å².